The van der Waals surface area contributed by atoms with Gasteiger partial charge in [0.1, 0.15) is 0 Å². The summed E-state index contributed by atoms with van der Waals surface area (Å²) in [4.78, 5) is 5.12. The molecule has 0 aromatic carbocycles. The highest BCUT2D eigenvalue weighted by molar-refractivity contribution is 4.80. The first kappa shape index (κ1) is 12.3. The van der Waals surface area contributed by atoms with Gasteiger partial charge in [0, 0.05) is 19.6 Å². The second kappa shape index (κ2) is 5.99. The molecule has 0 bridgehead atoms. The summed E-state index contributed by atoms with van der Waals surface area (Å²) in [6, 6.07) is 0. The molecule has 0 saturated carbocycles. The molecular formula is C13H27N3. The smallest absolute Gasteiger partial charge is 0.0109 e. The Bertz CT molecular complexity index is 201. The Labute approximate surface area is 100 Å². The van der Waals surface area contributed by atoms with Crippen LogP contribution in [0.4, 0.5) is 0 Å². The molecular weight excluding hydrogens is 198 g/mol. The van der Waals surface area contributed by atoms with Gasteiger partial charge in [0.25, 0.3) is 0 Å². The Balaban J connectivity index is 1.61. The summed E-state index contributed by atoms with van der Waals surface area (Å²) in [5, 5.41) is 3.49. The standard InChI is InChI=1S/C13H27N3/c1-12-9-14-10-13(12)11-15(2)7-8-16-5-3-4-6-16/h12-14H,3-11H2,1-2H3. The van der Waals surface area contributed by atoms with E-state index in [2.05, 4.69) is 29.1 Å². The zero-order chi connectivity index (χ0) is 11.4. The lowest BCUT2D eigenvalue weighted by atomic mass is 9.98. The second-order valence-electron chi connectivity index (χ2n) is 5.71. The fourth-order valence-corrected chi connectivity index (χ4v) is 2.92. The second-order valence-corrected chi connectivity index (χ2v) is 5.71. The quantitative estimate of drug-likeness (QED) is 0.749. The zero-order valence-electron chi connectivity index (χ0n) is 10.9. The normalized spacial score (nSPS) is 31.7. The van der Waals surface area contributed by atoms with Gasteiger partial charge in [-0.3, -0.25) is 0 Å². The third kappa shape index (κ3) is 3.44. The van der Waals surface area contributed by atoms with E-state index in [-0.39, 0.29) is 0 Å². The number of likely N-dealkylation sites (N-methyl/N-ethyl adjacent to an activating group) is 1. The average molecular weight is 225 g/mol. The largest absolute Gasteiger partial charge is 0.316 e. The molecule has 16 heavy (non-hydrogen) atoms. The van der Waals surface area contributed by atoms with Crippen LogP contribution in [0.15, 0.2) is 0 Å². The minimum Gasteiger partial charge on any atom is -0.316 e. The van der Waals surface area contributed by atoms with Crippen LogP contribution >= 0.6 is 0 Å². The third-order valence-electron chi connectivity index (χ3n) is 4.22. The maximum atomic E-state index is 3.49. The monoisotopic (exact) mass is 225 g/mol. The Morgan fingerprint density at radius 1 is 1.25 bits per heavy atom. The van der Waals surface area contributed by atoms with E-state index in [9.17, 15) is 0 Å². The molecule has 2 rings (SSSR count). The third-order valence-corrected chi connectivity index (χ3v) is 4.22. The number of nitrogens with zero attached hydrogens (tertiary/aromatic N) is 2. The average Bonchev–Trinajstić information content (AvgIpc) is 2.88. The van der Waals surface area contributed by atoms with Crippen LogP contribution < -0.4 is 5.32 Å². The van der Waals surface area contributed by atoms with Gasteiger partial charge in [-0.15, -0.1) is 0 Å². The van der Waals surface area contributed by atoms with Crippen LogP contribution in [0.25, 0.3) is 0 Å². The van der Waals surface area contributed by atoms with Gasteiger partial charge in [-0.1, -0.05) is 6.92 Å². The molecule has 2 aliphatic heterocycles. The molecule has 2 heterocycles. The van der Waals surface area contributed by atoms with Crippen molar-refractivity contribution in [3.63, 3.8) is 0 Å². The first-order chi connectivity index (χ1) is 7.75. The number of hydrogen-bond acceptors (Lipinski definition) is 3. The fourth-order valence-electron chi connectivity index (χ4n) is 2.92. The molecule has 2 unspecified atom stereocenters. The molecule has 2 atom stereocenters. The van der Waals surface area contributed by atoms with Crippen LogP contribution in [0.1, 0.15) is 19.8 Å². The van der Waals surface area contributed by atoms with Crippen molar-refractivity contribution < 1.29 is 0 Å². The molecule has 3 heteroatoms. The van der Waals surface area contributed by atoms with Crippen LogP contribution in [-0.2, 0) is 0 Å². The van der Waals surface area contributed by atoms with Crippen LogP contribution in [0.5, 0.6) is 0 Å². The van der Waals surface area contributed by atoms with Crippen LogP contribution in [-0.4, -0.2) is 62.7 Å². The van der Waals surface area contributed by atoms with E-state index < -0.39 is 0 Å². The van der Waals surface area contributed by atoms with Crippen molar-refractivity contribution in [2.75, 3.05) is 52.9 Å². The van der Waals surface area contributed by atoms with Crippen molar-refractivity contribution >= 4 is 0 Å². The maximum Gasteiger partial charge on any atom is 0.0109 e. The zero-order valence-corrected chi connectivity index (χ0v) is 10.9. The molecule has 0 aromatic heterocycles. The highest BCUT2D eigenvalue weighted by Gasteiger charge is 2.24. The van der Waals surface area contributed by atoms with Gasteiger partial charge in [-0.25, -0.2) is 0 Å². The van der Waals surface area contributed by atoms with E-state index in [4.69, 9.17) is 0 Å². The molecule has 0 amide bonds. The van der Waals surface area contributed by atoms with E-state index in [1.807, 2.05) is 0 Å². The minimum atomic E-state index is 0.856. The fraction of sp³-hybridized carbons (Fsp3) is 1.00. The van der Waals surface area contributed by atoms with Crippen LogP contribution in [0, 0.1) is 11.8 Å². The van der Waals surface area contributed by atoms with Crippen molar-refractivity contribution in [3.05, 3.63) is 0 Å². The SMILES string of the molecule is CC1CNCC1CN(C)CCN1CCCC1. The molecule has 2 saturated heterocycles. The minimum absolute atomic E-state index is 0.856. The Kier molecular flexibility index (Phi) is 4.62. The van der Waals surface area contributed by atoms with E-state index in [1.54, 1.807) is 0 Å². The summed E-state index contributed by atoms with van der Waals surface area (Å²) in [6.07, 6.45) is 2.82. The van der Waals surface area contributed by atoms with Crippen LogP contribution in [0.2, 0.25) is 0 Å². The summed E-state index contributed by atoms with van der Waals surface area (Å²) < 4.78 is 0. The van der Waals surface area contributed by atoms with Gasteiger partial charge >= 0.3 is 0 Å². The molecule has 0 aromatic rings. The molecule has 0 spiro atoms. The molecule has 1 N–H and O–H groups in total. The summed E-state index contributed by atoms with van der Waals surface area (Å²) >= 11 is 0. The lowest BCUT2D eigenvalue weighted by Gasteiger charge is -2.25. The predicted octanol–water partition coefficient (Wildman–Crippen LogP) is 0.870. The highest BCUT2D eigenvalue weighted by atomic mass is 15.2. The Hall–Kier alpha value is -0.120. The maximum absolute atomic E-state index is 3.49. The lowest BCUT2D eigenvalue weighted by Crippen LogP contribution is -2.35. The van der Waals surface area contributed by atoms with E-state index in [0.717, 1.165) is 11.8 Å². The number of nitrogens with one attached hydrogen (secondary N) is 1. The molecule has 3 nitrogen and oxygen atoms in total. The number of hydrogen-bond donors (Lipinski definition) is 1. The first-order valence-corrected chi connectivity index (χ1v) is 6.87. The summed E-state index contributed by atoms with van der Waals surface area (Å²) in [5.41, 5.74) is 0. The topological polar surface area (TPSA) is 18.5 Å². The van der Waals surface area contributed by atoms with E-state index in [1.165, 1.54) is 58.7 Å². The van der Waals surface area contributed by atoms with Gasteiger partial charge in [0.05, 0.1) is 0 Å². The first-order valence-electron chi connectivity index (χ1n) is 6.87. The summed E-state index contributed by atoms with van der Waals surface area (Å²) in [7, 11) is 2.28. The van der Waals surface area contributed by atoms with Gasteiger partial charge < -0.3 is 15.1 Å². The van der Waals surface area contributed by atoms with Crippen molar-refractivity contribution in [1.82, 2.24) is 15.1 Å². The van der Waals surface area contributed by atoms with Gasteiger partial charge in [-0.05, 0) is 57.9 Å². The lowest BCUT2D eigenvalue weighted by molar-refractivity contribution is 0.221. The van der Waals surface area contributed by atoms with E-state index in [0.29, 0.717) is 0 Å². The Morgan fingerprint density at radius 2 is 2.00 bits per heavy atom. The molecule has 2 aliphatic rings. The molecule has 2 fully saturated rings. The number of likely N-dealkylation sites (tertiary alicyclic amines) is 1. The summed E-state index contributed by atoms with van der Waals surface area (Å²) in [6.45, 7) is 11.2. The molecule has 0 aliphatic carbocycles. The van der Waals surface area contributed by atoms with Crippen LogP contribution in [0.3, 0.4) is 0 Å². The molecule has 94 valence electrons. The van der Waals surface area contributed by atoms with Gasteiger partial charge in [-0.2, -0.15) is 0 Å². The van der Waals surface area contributed by atoms with Crippen molar-refractivity contribution in [2.45, 2.75) is 19.8 Å². The Morgan fingerprint density at radius 3 is 2.62 bits per heavy atom. The summed E-state index contributed by atoms with van der Waals surface area (Å²) in [5.74, 6) is 1.72. The van der Waals surface area contributed by atoms with Gasteiger partial charge in [0.15, 0.2) is 0 Å². The highest BCUT2D eigenvalue weighted by Crippen LogP contribution is 2.16. The van der Waals surface area contributed by atoms with Gasteiger partial charge in [0.2, 0.25) is 0 Å². The molecule has 0 radical (unpaired) electrons. The van der Waals surface area contributed by atoms with Crippen molar-refractivity contribution in [3.8, 4) is 0 Å². The number of rotatable bonds is 5. The van der Waals surface area contributed by atoms with Crippen molar-refractivity contribution in [2.24, 2.45) is 11.8 Å². The van der Waals surface area contributed by atoms with Crippen molar-refractivity contribution in [1.29, 1.82) is 0 Å². The van der Waals surface area contributed by atoms with E-state index >= 15 is 0 Å². The predicted molar refractivity (Wildman–Crippen MR) is 68.7 cm³/mol.